The van der Waals surface area contributed by atoms with Gasteiger partial charge in [0.1, 0.15) is 5.82 Å². The number of anilines is 2. The van der Waals surface area contributed by atoms with Gasteiger partial charge in [0, 0.05) is 24.9 Å². The first-order valence-electron chi connectivity index (χ1n) is 7.36. The molecule has 7 nitrogen and oxygen atoms in total. The number of ether oxygens (including phenoxy) is 1. The molecule has 0 radical (unpaired) electrons. The number of carbonyl (C=O) groups excluding carboxylic acids is 1. The molecular weight excluding hydrogens is 318 g/mol. The van der Waals surface area contributed by atoms with E-state index in [1.807, 2.05) is 6.07 Å². The molecule has 1 aliphatic heterocycles. The lowest BCUT2D eigenvalue weighted by atomic mass is 10.2. The molecule has 1 aromatic heterocycles. The van der Waals surface area contributed by atoms with Crippen molar-refractivity contribution in [3.05, 3.63) is 29.8 Å². The van der Waals surface area contributed by atoms with Gasteiger partial charge in [-0.2, -0.15) is 0 Å². The molecule has 0 atom stereocenters. The average Bonchev–Trinajstić information content (AvgIpc) is 2.56. The third-order valence-corrected chi connectivity index (χ3v) is 4.83. The normalized spacial score (nSPS) is 15.3. The molecule has 0 spiro atoms. The van der Waals surface area contributed by atoms with E-state index in [9.17, 15) is 13.2 Å². The minimum atomic E-state index is -3.37. The smallest absolute Gasteiger partial charge is 0.225 e. The molecule has 1 fully saturated rings. The topological polar surface area (TPSA) is 88.6 Å². The first-order valence-corrected chi connectivity index (χ1v) is 9.08. The first kappa shape index (κ1) is 17.4. The first-order chi connectivity index (χ1) is 10.9. The van der Waals surface area contributed by atoms with E-state index in [0.29, 0.717) is 24.6 Å². The van der Waals surface area contributed by atoms with E-state index >= 15 is 0 Å². The molecule has 8 heteroatoms. The van der Waals surface area contributed by atoms with Crippen LogP contribution in [0, 0.1) is 6.92 Å². The molecule has 1 amide bonds. The summed E-state index contributed by atoms with van der Waals surface area (Å²) < 4.78 is 27.9. The monoisotopic (exact) mass is 339 g/mol. The number of nitrogens with one attached hydrogen (secondary N) is 1. The zero-order chi connectivity index (χ0) is 16.9. The fraction of sp³-hybridized carbons (Fsp3) is 0.467. The van der Waals surface area contributed by atoms with Gasteiger partial charge in [0.2, 0.25) is 5.91 Å². The fourth-order valence-corrected chi connectivity index (χ4v) is 2.82. The highest BCUT2D eigenvalue weighted by molar-refractivity contribution is 7.94. The summed E-state index contributed by atoms with van der Waals surface area (Å²) in [4.78, 5) is 18.5. The minimum Gasteiger partial charge on any atom is -0.378 e. The van der Waals surface area contributed by atoms with Gasteiger partial charge < -0.3 is 15.0 Å². The number of sulfone groups is 1. The summed E-state index contributed by atoms with van der Waals surface area (Å²) in [6, 6.07) is 3.63. The highest BCUT2D eigenvalue weighted by Gasteiger charge is 2.15. The maximum absolute atomic E-state index is 11.8. The number of carbonyl (C=O) groups is 1. The molecule has 126 valence electrons. The second-order valence-corrected chi connectivity index (χ2v) is 7.30. The number of aryl methyl sites for hydroxylation is 1. The van der Waals surface area contributed by atoms with Gasteiger partial charge in [0.15, 0.2) is 9.84 Å². The summed E-state index contributed by atoms with van der Waals surface area (Å²) in [6.07, 6.45) is -0.112. The van der Waals surface area contributed by atoms with Crippen LogP contribution in [-0.2, 0) is 19.4 Å². The summed E-state index contributed by atoms with van der Waals surface area (Å²) in [5.74, 6) is 0.234. The summed E-state index contributed by atoms with van der Waals surface area (Å²) in [7, 11) is -3.37. The summed E-state index contributed by atoms with van der Waals surface area (Å²) in [5.41, 5.74) is 1.27. The number of amides is 1. The van der Waals surface area contributed by atoms with Crippen molar-refractivity contribution >= 4 is 27.2 Å². The quantitative estimate of drug-likeness (QED) is 0.835. The van der Waals surface area contributed by atoms with Gasteiger partial charge in [0.25, 0.3) is 0 Å². The number of pyridine rings is 1. The lowest BCUT2D eigenvalue weighted by molar-refractivity contribution is -0.115. The maximum atomic E-state index is 11.8. The highest BCUT2D eigenvalue weighted by atomic mass is 32.2. The molecule has 1 aromatic rings. The number of morpholine rings is 1. The summed E-state index contributed by atoms with van der Waals surface area (Å²) >= 11 is 0. The van der Waals surface area contributed by atoms with Crippen LogP contribution in [0.2, 0.25) is 0 Å². The van der Waals surface area contributed by atoms with Gasteiger partial charge in [-0.15, -0.1) is 0 Å². The number of aromatic nitrogens is 1. The van der Waals surface area contributed by atoms with Crippen LogP contribution in [0.15, 0.2) is 24.1 Å². The standard InChI is InChI=1S/C15H21N3O4S/c1-3-23(20,21)11-6-15(19)17-13-4-5-14(16-12(13)2)18-7-9-22-10-8-18/h3-5H,1,6-11H2,2H3,(H,17,19). The number of hydrogen-bond acceptors (Lipinski definition) is 6. The van der Waals surface area contributed by atoms with E-state index in [-0.39, 0.29) is 18.1 Å². The predicted octanol–water partition coefficient (Wildman–Crippen LogP) is 1.11. The Labute approximate surface area is 136 Å². The minimum absolute atomic E-state index is 0.112. The van der Waals surface area contributed by atoms with Crippen LogP contribution in [0.3, 0.4) is 0 Å². The van der Waals surface area contributed by atoms with Crippen LogP contribution < -0.4 is 10.2 Å². The molecular formula is C15H21N3O4S. The Morgan fingerprint density at radius 1 is 1.43 bits per heavy atom. The second-order valence-electron chi connectivity index (χ2n) is 5.23. The molecule has 23 heavy (non-hydrogen) atoms. The maximum Gasteiger partial charge on any atom is 0.225 e. The lowest BCUT2D eigenvalue weighted by Gasteiger charge is -2.28. The molecule has 0 aromatic carbocycles. The highest BCUT2D eigenvalue weighted by Crippen LogP contribution is 2.19. The molecule has 0 saturated carbocycles. The van der Waals surface area contributed by atoms with E-state index in [4.69, 9.17) is 4.74 Å². The van der Waals surface area contributed by atoms with Crippen LogP contribution in [0.25, 0.3) is 0 Å². The van der Waals surface area contributed by atoms with Gasteiger partial charge in [-0.3, -0.25) is 4.79 Å². The van der Waals surface area contributed by atoms with E-state index in [1.54, 1.807) is 13.0 Å². The Morgan fingerprint density at radius 2 is 2.13 bits per heavy atom. The van der Waals surface area contributed by atoms with Crippen LogP contribution in [0.4, 0.5) is 11.5 Å². The molecule has 0 bridgehead atoms. The van der Waals surface area contributed by atoms with Crippen molar-refractivity contribution in [3.8, 4) is 0 Å². The van der Waals surface area contributed by atoms with Crippen LogP contribution in [0.5, 0.6) is 0 Å². The van der Waals surface area contributed by atoms with Crippen molar-refractivity contribution < 1.29 is 17.9 Å². The Bertz CT molecular complexity index is 682. The van der Waals surface area contributed by atoms with Crippen molar-refractivity contribution in [2.24, 2.45) is 0 Å². The van der Waals surface area contributed by atoms with Crippen LogP contribution in [-0.4, -0.2) is 51.4 Å². The molecule has 1 aliphatic rings. The van der Waals surface area contributed by atoms with Crippen molar-refractivity contribution in [3.63, 3.8) is 0 Å². The van der Waals surface area contributed by atoms with E-state index in [1.165, 1.54) is 0 Å². The SMILES string of the molecule is C=CS(=O)(=O)CCC(=O)Nc1ccc(N2CCOCC2)nc1C. The van der Waals surface area contributed by atoms with Gasteiger partial charge in [0.05, 0.1) is 30.3 Å². The molecule has 1 saturated heterocycles. The summed E-state index contributed by atoms with van der Waals surface area (Å²) in [5, 5.41) is 3.56. The molecule has 2 heterocycles. The van der Waals surface area contributed by atoms with Gasteiger partial charge in [-0.25, -0.2) is 13.4 Å². The predicted molar refractivity (Wildman–Crippen MR) is 89.2 cm³/mol. The van der Waals surface area contributed by atoms with Gasteiger partial charge in [-0.1, -0.05) is 6.58 Å². The largest absolute Gasteiger partial charge is 0.378 e. The molecule has 0 aliphatic carbocycles. The molecule has 0 unspecified atom stereocenters. The van der Waals surface area contributed by atoms with Gasteiger partial charge >= 0.3 is 0 Å². The number of rotatable bonds is 6. The Morgan fingerprint density at radius 3 is 2.74 bits per heavy atom. The number of hydrogen-bond donors (Lipinski definition) is 1. The van der Waals surface area contributed by atoms with Crippen molar-refractivity contribution in [1.29, 1.82) is 0 Å². The Kier molecular flexibility index (Phi) is 5.73. The second kappa shape index (κ2) is 7.56. The van der Waals surface area contributed by atoms with Crippen molar-refractivity contribution in [1.82, 2.24) is 4.98 Å². The third-order valence-electron chi connectivity index (χ3n) is 3.55. The van der Waals surface area contributed by atoms with Gasteiger partial charge in [-0.05, 0) is 19.1 Å². The van der Waals surface area contributed by atoms with E-state index < -0.39 is 9.84 Å². The Hall–Kier alpha value is -1.93. The fourth-order valence-electron chi connectivity index (χ4n) is 2.18. The third kappa shape index (κ3) is 5.04. The molecule has 1 N–H and O–H groups in total. The lowest BCUT2D eigenvalue weighted by Crippen LogP contribution is -2.36. The average molecular weight is 339 g/mol. The molecule has 2 rings (SSSR count). The number of nitrogens with zero attached hydrogens (tertiary/aromatic N) is 2. The van der Waals surface area contributed by atoms with Crippen LogP contribution >= 0.6 is 0 Å². The Balaban J connectivity index is 1.97. The van der Waals surface area contributed by atoms with Crippen molar-refractivity contribution in [2.75, 3.05) is 42.3 Å². The van der Waals surface area contributed by atoms with E-state index in [0.717, 1.165) is 24.3 Å². The van der Waals surface area contributed by atoms with Crippen molar-refractivity contribution in [2.45, 2.75) is 13.3 Å². The van der Waals surface area contributed by atoms with E-state index in [2.05, 4.69) is 21.8 Å². The zero-order valence-electron chi connectivity index (χ0n) is 13.1. The zero-order valence-corrected chi connectivity index (χ0v) is 13.9. The summed E-state index contributed by atoms with van der Waals surface area (Å²) in [6.45, 7) is 7.96. The van der Waals surface area contributed by atoms with Crippen LogP contribution in [0.1, 0.15) is 12.1 Å².